The Morgan fingerprint density at radius 2 is 1.88 bits per heavy atom. The Morgan fingerprint density at radius 3 is 2.60 bits per heavy atom. The molecular formula is C20H23ClN2O2. The molecule has 0 bridgehead atoms. The number of hydrogen-bond donors (Lipinski definition) is 2. The molecule has 1 aliphatic rings. The van der Waals surface area contributed by atoms with Crippen molar-refractivity contribution in [3.63, 3.8) is 0 Å². The summed E-state index contributed by atoms with van der Waals surface area (Å²) >= 11 is 6.22. The third-order valence-corrected chi connectivity index (χ3v) is 4.73. The van der Waals surface area contributed by atoms with Gasteiger partial charge in [-0.25, -0.2) is 0 Å². The summed E-state index contributed by atoms with van der Waals surface area (Å²) in [6.45, 7) is 0.903. The lowest BCUT2D eigenvalue weighted by Gasteiger charge is -2.25. The van der Waals surface area contributed by atoms with Crippen LogP contribution in [0.2, 0.25) is 5.02 Å². The molecular weight excluding hydrogens is 336 g/mol. The fourth-order valence-electron chi connectivity index (χ4n) is 3.19. The van der Waals surface area contributed by atoms with E-state index in [1.807, 2.05) is 37.4 Å². The standard InChI is InChI=1S/C20H23ClN2O2/c1-22-17-6-5-15(21)12-16(17)13-8-9-23-18(10-13)14-4-7-19(24-2)20(11-14)25-3/h4-7,10-12,18,22-23H,8-9H2,1-3H3. The number of benzene rings is 2. The van der Waals surface area contributed by atoms with Gasteiger partial charge in [-0.1, -0.05) is 23.7 Å². The summed E-state index contributed by atoms with van der Waals surface area (Å²) in [5.74, 6) is 1.47. The Kier molecular flexibility index (Phi) is 5.51. The molecule has 1 aliphatic heterocycles. The maximum Gasteiger partial charge on any atom is 0.161 e. The lowest BCUT2D eigenvalue weighted by Crippen LogP contribution is -2.25. The van der Waals surface area contributed by atoms with E-state index in [9.17, 15) is 0 Å². The summed E-state index contributed by atoms with van der Waals surface area (Å²) in [6, 6.07) is 12.1. The highest BCUT2D eigenvalue weighted by Crippen LogP contribution is 2.35. The summed E-state index contributed by atoms with van der Waals surface area (Å²) < 4.78 is 10.8. The Labute approximate surface area is 153 Å². The molecule has 0 aliphatic carbocycles. The van der Waals surface area contributed by atoms with Gasteiger partial charge >= 0.3 is 0 Å². The third-order valence-electron chi connectivity index (χ3n) is 4.49. The molecule has 5 heteroatoms. The highest BCUT2D eigenvalue weighted by Gasteiger charge is 2.19. The average Bonchev–Trinajstić information content (AvgIpc) is 2.67. The first kappa shape index (κ1) is 17.6. The van der Waals surface area contributed by atoms with Crippen molar-refractivity contribution in [3.05, 3.63) is 58.6 Å². The second-order valence-electron chi connectivity index (χ2n) is 5.93. The van der Waals surface area contributed by atoms with Crippen LogP contribution in [0.4, 0.5) is 5.69 Å². The van der Waals surface area contributed by atoms with E-state index in [-0.39, 0.29) is 6.04 Å². The molecule has 0 saturated heterocycles. The van der Waals surface area contributed by atoms with E-state index in [0.717, 1.165) is 46.3 Å². The number of anilines is 1. The highest BCUT2D eigenvalue weighted by atomic mass is 35.5. The number of nitrogens with one attached hydrogen (secondary N) is 2. The van der Waals surface area contributed by atoms with Gasteiger partial charge in [-0.05, 0) is 47.9 Å². The third kappa shape index (κ3) is 3.75. The second-order valence-corrected chi connectivity index (χ2v) is 6.36. The van der Waals surface area contributed by atoms with Gasteiger partial charge in [0.15, 0.2) is 11.5 Å². The van der Waals surface area contributed by atoms with Gasteiger partial charge in [-0.3, -0.25) is 0 Å². The van der Waals surface area contributed by atoms with Crippen molar-refractivity contribution in [2.45, 2.75) is 12.5 Å². The van der Waals surface area contributed by atoms with Crippen molar-refractivity contribution in [2.24, 2.45) is 0 Å². The van der Waals surface area contributed by atoms with E-state index in [0.29, 0.717) is 0 Å². The fourth-order valence-corrected chi connectivity index (χ4v) is 3.36. The molecule has 1 unspecified atom stereocenters. The van der Waals surface area contributed by atoms with Crippen molar-refractivity contribution < 1.29 is 9.47 Å². The van der Waals surface area contributed by atoms with E-state index < -0.39 is 0 Å². The molecule has 4 nitrogen and oxygen atoms in total. The SMILES string of the molecule is CNc1ccc(Cl)cc1C1=CC(c2ccc(OC)c(OC)c2)NCC1. The van der Waals surface area contributed by atoms with Crippen LogP contribution in [0.3, 0.4) is 0 Å². The van der Waals surface area contributed by atoms with Crippen molar-refractivity contribution >= 4 is 22.9 Å². The molecule has 2 N–H and O–H groups in total. The predicted molar refractivity (Wildman–Crippen MR) is 104 cm³/mol. The predicted octanol–water partition coefficient (Wildman–Crippen LogP) is 4.52. The van der Waals surface area contributed by atoms with E-state index in [4.69, 9.17) is 21.1 Å². The minimum atomic E-state index is 0.118. The van der Waals surface area contributed by atoms with E-state index in [1.54, 1.807) is 14.2 Å². The zero-order chi connectivity index (χ0) is 17.8. The first-order chi connectivity index (χ1) is 12.2. The summed E-state index contributed by atoms with van der Waals surface area (Å²) in [6.07, 6.45) is 3.22. The van der Waals surface area contributed by atoms with Gasteiger partial charge in [0.05, 0.1) is 20.3 Å². The normalized spacial score (nSPS) is 17.0. The molecule has 0 saturated carbocycles. The number of halogens is 1. The molecule has 1 heterocycles. The lowest BCUT2D eigenvalue weighted by molar-refractivity contribution is 0.354. The summed E-state index contributed by atoms with van der Waals surface area (Å²) in [4.78, 5) is 0. The molecule has 25 heavy (non-hydrogen) atoms. The Balaban J connectivity index is 1.97. The number of methoxy groups -OCH3 is 2. The lowest BCUT2D eigenvalue weighted by atomic mass is 9.93. The molecule has 0 fully saturated rings. The Bertz CT molecular complexity index is 789. The van der Waals surface area contributed by atoms with Crippen molar-refractivity contribution in [1.29, 1.82) is 0 Å². The Hall–Kier alpha value is -2.17. The molecule has 3 rings (SSSR count). The van der Waals surface area contributed by atoms with Crippen LogP contribution in [0.5, 0.6) is 11.5 Å². The molecule has 0 radical (unpaired) electrons. The van der Waals surface area contributed by atoms with Gasteiger partial charge in [0, 0.05) is 29.9 Å². The van der Waals surface area contributed by atoms with Crippen LogP contribution < -0.4 is 20.1 Å². The minimum absolute atomic E-state index is 0.118. The number of hydrogen-bond acceptors (Lipinski definition) is 4. The number of ether oxygens (including phenoxy) is 2. The Morgan fingerprint density at radius 1 is 1.08 bits per heavy atom. The minimum Gasteiger partial charge on any atom is -0.493 e. The highest BCUT2D eigenvalue weighted by molar-refractivity contribution is 6.30. The van der Waals surface area contributed by atoms with Crippen molar-refractivity contribution in [2.75, 3.05) is 33.1 Å². The van der Waals surface area contributed by atoms with Crippen LogP contribution in [0.15, 0.2) is 42.5 Å². The molecule has 0 amide bonds. The monoisotopic (exact) mass is 358 g/mol. The van der Waals surface area contributed by atoms with Crippen LogP contribution in [0.1, 0.15) is 23.6 Å². The van der Waals surface area contributed by atoms with E-state index in [2.05, 4.69) is 22.8 Å². The quantitative estimate of drug-likeness (QED) is 0.824. The van der Waals surface area contributed by atoms with Gasteiger partial charge < -0.3 is 20.1 Å². The second kappa shape index (κ2) is 7.81. The zero-order valence-electron chi connectivity index (χ0n) is 14.7. The molecule has 132 valence electrons. The first-order valence-corrected chi connectivity index (χ1v) is 8.67. The molecule has 0 aromatic heterocycles. The van der Waals surface area contributed by atoms with Gasteiger partial charge in [-0.2, -0.15) is 0 Å². The average molecular weight is 359 g/mol. The molecule has 1 atom stereocenters. The maximum absolute atomic E-state index is 6.22. The topological polar surface area (TPSA) is 42.5 Å². The first-order valence-electron chi connectivity index (χ1n) is 8.30. The van der Waals surface area contributed by atoms with Crippen molar-refractivity contribution in [1.82, 2.24) is 5.32 Å². The molecule has 2 aromatic carbocycles. The smallest absolute Gasteiger partial charge is 0.161 e. The summed E-state index contributed by atoms with van der Waals surface area (Å²) in [5.41, 5.74) is 4.67. The molecule has 0 spiro atoms. The largest absolute Gasteiger partial charge is 0.493 e. The van der Waals surface area contributed by atoms with Gasteiger partial charge in [0.2, 0.25) is 0 Å². The summed E-state index contributed by atoms with van der Waals surface area (Å²) in [5, 5.41) is 7.55. The molecule has 2 aromatic rings. The van der Waals surface area contributed by atoms with Crippen LogP contribution in [-0.4, -0.2) is 27.8 Å². The van der Waals surface area contributed by atoms with Crippen molar-refractivity contribution in [3.8, 4) is 11.5 Å². The van der Waals surface area contributed by atoms with E-state index in [1.165, 1.54) is 5.57 Å². The van der Waals surface area contributed by atoms with Gasteiger partial charge in [0.1, 0.15) is 0 Å². The van der Waals surface area contributed by atoms with Crippen LogP contribution in [0.25, 0.3) is 5.57 Å². The van der Waals surface area contributed by atoms with Gasteiger partial charge in [-0.15, -0.1) is 0 Å². The van der Waals surface area contributed by atoms with Gasteiger partial charge in [0.25, 0.3) is 0 Å². The fraction of sp³-hybridized carbons (Fsp3) is 0.300. The summed E-state index contributed by atoms with van der Waals surface area (Å²) in [7, 11) is 5.23. The number of rotatable bonds is 5. The van der Waals surface area contributed by atoms with Crippen LogP contribution in [-0.2, 0) is 0 Å². The van der Waals surface area contributed by atoms with Crippen LogP contribution >= 0.6 is 11.6 Å². The van der Waals surface area contributed by atoms with E-state index >= 15 is 0 Å². The van der Waals surface area contributed by atoms with Crippen LogP contribution in [0, 0.1) is 0 Å². The zero-order valence-corrected chi connectivity index (χ0v) is 15.5. The maximum atomic E-state index is 6.22.